The zero-order chi connectivity index (χ0) is 21.8. The molecule has 1 unspecified atom stereocenters. The van der Waals surface area contributed by atoms with Gasteiger partial charge in [-0.3, -0.25) is 0 Å². The van der Waals surface area contributed by atoms with Crippen LogP contribution in [0.15, 0.2) is 42.5 Å². The van der Waals surface area contributed by atoms with Gasteiger partial charge in [0.1, 0.15) is 11.6 Å². The number of hydrogen-bond donors (Lipinski definition) is 1. The van der Waals surface area contributed by atoms with Crippen LogP contribution in [0.1, 0.15) is 41.3 Å². The van der Waals surface area contributed by atoms with Crippen molar-refractivity contribution in [2.75, 3.05) is 0 Å². The first-order valence-corrected chi connectivity index (χ1v) is 9.68. The molecule has 0 fully saturated rings. The zero-order valence-corrected chi connectivity index (χ0v) is 16.0. The third-order valence-electron chi connectivity index (χ3n) is 5.56. The van der Waals surface area contributed by atoms with Crippen molar-refractivity contribution in [3.8, 4) is 17.6 Å². The van der Waals surface area contributed by atoms with E-state index in [1.807, 2.05) is 6.07 Å². The SMILES string of the molecule is N#Cc1ccc2[nH]c(-c3nc4n(n3)CCCC4c3cc(C(F)(F)F)ccc3F)cc2c1. The summed E-state index contributed by atoms with van der Waals surface area (Å²) in [6.45, 7) is 0.554. The first-order chi connectivity index (χ1) is 14.8. The van der Waals surface area contributed by atoms with Crippen LogP contribution < -0.4 is 0 Å². The smallest absolute Gasteiger partial charge is 0.352 e. The zero-order valence-electron chi connectivity index (χ0n) is 16.0. The molecule has 0 amide bonds. The number of H-pyrrole nitrogens is 1. The molecule has 1 atom stereocenters. The summed E-state index contributed by atoms with van der Waals surface area (Å²) >= 11 is 0. The number of nitrogens with zero attached hydrogens (tertiary/aromatic N) is 4. The Morgan fingerprint density at radius 2 is 1.97 bits per heavy atom. The molecule has 1 aliphatic rings. The number of rotatable bonds is 2. The first kappa shape index (κ1) is 19.3. The maximum absolute atomic E-state index is 14.5. The average Bonchev–Trinajstić information content (AvgIpc) is 3.36. The number of hydrogen-bond acceptors (Lipinski definition) is 3. The van der Waals surface area contributed by atoms with E-state index in [1.165, 1.54) is 0 Å². The van der Waals surface area contributed by atoms with Gasteiger partial charge in [0.05, 0.1) is 22.9 Å². The molecule has 0 aliphatic carbocycles. The minimum absolute atomic E-state index is 0.0231. The van der Waals surface area contributed by atoms with Crippen LogP contribution in [-0.2, 0) is 12.7 Å². The summed E-state index contributed by atoms with van der Waals surface area (Å²) in [5, 5.41) is 14.4. The second kappa shape index (κ2) is 6.94. The molecule has 5 nitrogen and oxygen atoms in total. The maximum atomic E-state index is 14.5. The number of fused-ring (bicyclic) bond motifs is 2. The van der Waals surface area contributed by atoms with E-state index in [-0.39, 0.29) is 5.56 Å². The fourth-order valence-corrected chi connectivity index (χ4v) is 4.07. The van der Waals surface area contributed by atoms with Crippen LogP contribution in [0.3, 0.4) is 0 Å². The number of aromatic nitrogens is 4. The van der Waals surface area contributed by atoms with Gasteiger partial charge < -0.3 is 4.98 Å². The van der Waals surface area contributed by atoms with Crippen molar-refractivity contribution in [1.82, 2.24) is 19.7 Å². The van der Waals surface area contributed by atoms with Crippen molar-refractivity contribution in [1.29, 1.82) is 5.26 Å². The molecular weight excluding hydrogens is 410 g/mol. The van der Waals surface area contributed by atoms with E-state index in [0.717, 1.165) is 29.1 Å². The normalized spacial score (nSPS) is 16.3. The Balaban J connectivity index is 1.57. The fourth-order valence-electron chi connectivity index (χ4n) is 4.07. The molecule has 9 heteroatoms. The topological polar surface area (TPSA) is 70.3 Å². The minimum Gasteiger partial charge on any atom is -0.352 e. The van der Waals surface area contributed by atoms with Crippen LogP contribution in [-0.4, -0.2) is 19.7 Å². The molecule has 4 aromatic rings. The number of alkyl halides is 3. The van der Waals surface area contributed by atoms with E-state index in [0.29, 0.717) is 42.3 Å². The predicted octanol–water partition coefficient (Wildman–Crippen LogP) is 5.38. The number of aromatic amines is 1. The van der Waals surface area contributed by atoms with Crippen LogP contribution in [0.5, 0.6) is 0 Å². The third-order valence-corrected chi connectivity index (χ3v) is 5.56. The highest BCUT2D eigenvalue weighted by Crippen LogP contribution is 2.38. The van der Waals surface area contributed by atoms with E-state index in [1.54, 1.807) is 22.9 Å². The summed E-state index contributed by atoms with van der Waals surface area (Å²) in [7, 11) is 0. The molecule has 0 saturated carbocycles. The number of halogens is 4. The second-order valence-corrected chi connectivity index (χ2v) is 7.54. The van der Waals surface area contributed by atoms with E-state index in [2.05, 4.69) is 21.1 Å². The van der Waals surface area contributed by atoms with Gasteiger partial charge in [-0.1, -0.05) is 0 Å². The van der Waals surface area contributed by atoms with Gasteiger partial charge in [0.2, 0.25) is 0 Å². The van der Waals surface area contributed by atoms with Gasteiger partial charge in [0.25, 0.3) is 0 Å². The monoisotopic (exact) mass is 425 g/mol. The van der Waals surface area contributed by atoms with Crippen molar-refractivity contribution < 1.29 is 17.6 Å². The molecule has 1 aliphatic heterocycles. The Kier molecular flexibility index (Phi) is 4.32. The highest BCUT2D eigenvalue weighted by atomic mass is 19.4. The number of nitriles is 1. The highest BCUT2D eigenvalue weighted by Gasteiger charge is 2.34. The van der Waals surface area contributed by atoms with Gasteiger partial charge in [-0.2, -0.15) is 18.4 Å². The molecular formula is C22H15F4N5. The molecule has 0 spiro atoms. The molecule has 2 aromatic heterocycles. The van der Waals surface area contributed by atoms with E-state index in [9.17, 15) is 17.6 Å². The molecule has 0 bridgehead atoms. The van der Waals surface area contributed by atoms with Crippen molar-refractivity contribution in [2.45, 2.75) is 31.5 Å². The lowest BCUT2D eigenvalue weighted by atomic mass is 9.89. The Labute approximate surface area is 174 Å². The summed E-state index contributed by atoms with van der Waals surface area (Å²) in [5.41, 5.74) is 1.04. The number of nitrogens with one attached hydrogen (secondary N) is 1. The van der Waals surface area contributed by atoms with Crippen molar-refractivity contribution in [2.24, 2.45) is 0 Å². The highest BCUT2D eigenvalue weighted by molar-refractivity contribution is 5.85. The first-order valence-electron chi connectivity index (χ1n) is 9.68. The van der Waals surface area contributed by atoms with Gasteiger partial charge >= 0.3 is 6.18 Å². The van der Waals surface area contributed by atoms with Gasteiger partial charge in [-0.25, -0.2) is 14.1 Å². The Bertz CT molecular complexity index is 1340. The van der Waals surface area contributed by atoms with Crippen molar-refractivity contribution in [3.63, 3.8) is 0 Å². The molecule has 3 heterocycles. The Morgan fingerprint density at radius 1 is 1.13 bits per heavy atom. The summed E-state index contributed by atoms with van der Waals surface area (Å²) in [4.78, 5) is 7.75. The van der Waals surface area contributed by atoms with Gasteiger partial charge in [-0.15, -0.1) is 5.10 Å². The largest absolute Gasteiger partial charge is 0.416 e. The molecule has 156 valence electrons. The molecule has 0 saturated heterocycles. The summed E-state index contributed by atoms with van der Waals surface area (Å²) in [6.07, 6.45) is -3.43. The summed E-state index contributed by atoms with van der Waals surface area (Å²) < 4.78 is 55.6. The quantitative estimate of drug-likeness (QED) is 0.438. The van der Waals surface area contributed by atoms with Crippen molar-refractivity contribution >= 4 is 10.9 Å². The van der Waals surface area contributed by atoms with Gasteiger partial charge in [0, 0.05) is 23.4 Å². The lowest BCUT2D eigenvalue weighted by molar-refractivity contribution is -0.137. The second-order valence-electron chi connectivity index (χ2n) is 7.54. The van der Waals surface area contributed by atoms with E-state index in [4.69, 9.17) is 5.26 Å². The molecule has 5 rings (SSSR count). The lowest BCUT2D eigenvalue weighted by Gasteiger charge is -2.23. The standard InChI is InChI=1S/C22H15F4N5/c23-17-5-4-14(22(24,25)26)10-16(17)15-2-1-7-31-21(15)29-20(30-31)19-9-13-8-12(11-27)3-6-18(13)28-19/h3-6,8-10,15,28H,1-2,7H2. The molecule has 1 N–H and O–H groups in total. The van der Waals surface area contributed by atoms with Gasteiger partial charge in [0.15, 0.2) is 5.82 Å². The van der Waals surface area contributed by atoms with Crippen molar-refractivity contribution in [3.05, 3.63) is 70.8 Å². The molecule has 2 aromatic carbocycles. The lowest BCUT2D eigenvalue weighted by Crippen LogP contribution is -2.19. The van der Waals surface area contributed by atoms with Crippen LogP contribution in [0.25, 0.3) is 22.4 Å². The summed E-state index contributed by atoms with van der Waals surface area (Å²) in [5.74, 6) is -0.489. The Hall–Kier alpha value is -3.67. The van der Waals surface area contributed by atoms with Crippen LogP contribution in [0.2, 0.25) is 0 Å². The maximum Gasteiger partial charge on any atom is 0.416 e. The third kappa shape index (κ3) is 3.34. The molecule has 0 radical (unpaired) electrons. The van der Waals surface area contributed by atoms with Crippen LogP contribution >= 0.6 is 0 Å². The minimum atomic E-state index is -4.55. The molecule has 31 heavy (non-hydrogen) atoms. The van der Waals surface area contributed by atoms with E-state index >= 15 is 0 Å². The van der Waals surface area contributed by atoms with Gasteiger partial charge in [-0.05, 0) is 60.9 Å². The number of benzene rings is 2. The van der Waals surface area contributed by atoms with Crippen LogP contribution in [0.4, 0.5) is 17.6 Å². The number of aryl methyl sites for hydroxylation is 1. The average molecular weight is 425 g/mol. The van der Waals surface area contributed by atoms with E-state index < -0.39 is 23.5 Å². The fraction of sp³-hybridized carbons (Fsp3) is 0.227. The predicted molar refractivity (Wildman–Crippen MR) is 105 cm³/mol. The van der Waals surface area contributed by atoms with Crippen LogP contribution in [0, 0.1) is 17.1 Å². The summed E-state index contributed by atoms with van der Waals surface area (Å²) in [6, 6.07) is 11.6. The Morgan fingerprint density at radius 3 is 2.74 bits per heavy atom.